The van der Waals surface area contributed by atoms with Crippen LogP contribution >= 0.6 is 11.6 Å². The molecule has 1 fully saturated rings. The zero-order valence-electron chi connectivity index (χ0n) is 12.0. The Labute approximate surface area is 128 Å². The first kappa shape index (κ1) is 14.1. The van der Waals surface area contributed by atoms with Gasteiger partial charge in [-0.15, -0.1) is 0 Å². The van der Waals surface area contributed by atoms with Crippen molar-refractivity contribution in [1.29, 1.82) is 0 Å². The molecule has 4 nitrogen and oxygen atoms in total. The monoisotopic (exact) mass is 303 g/mol. The van der Waals surface area contributed by atoms with Gasteiger partial charge in [0.1, 0.15) is 5.69 Å². The minimum absolute atomic E-state index is 0.136. The van der Waals surface area contributed by atoms with Crippen LogP contribution in [-0.2, 0) is 13.1 Å². The van der Waals surface area contributed by atoms with Gasteiger partial charge in [-0.2, -0.15) is 5.10 Å². The molecule has 0 atom stereocenters. The van der Waals surface area contributed by atoms with Gasteiger partial charge in [-0.1, -0.05) is 35.9 Å². The molecule has 0 saturated heterocycles. The average Bonchev–Trinajstić information content (AvgIpc) is 3.28. The predicted molar refractivity (Wildman–Crippen MR) is 84.7 cm³/mol. The van der Waals surface area contributed by atoms with Crippen molar-refractivity contribution >= 4 is 17.3 Å². The van der Waals surface area contributed by atoms with Crippen molar-refractivity contribution < 1.29 is 0 Å². The van der Waals surface area contributed by atoms with E-state index in [1.54, 1.807) is 6.20 Å². The molecule has 0 unspecified atom stereocenters. The van der Waals surface area contributed by atoms with Gasteiger partial charge < -0.3 is 5.32 Å². The van der Waals surface area contributed by atoms with Gasteiger partial charge in [0.15, 0.2) is 0 Å². The van der Waals surface area contributed by atoms with Crippen LogP contribution in [0.1, 0.15) is 24.0 Å². The number of aromatic nitrogens is 2. The van der Waals surface area contributed by atoms with Gasteiger partial charge >= 0.3 is 0 Å². The lowest BCUT2D eigenvalue weighted by atomic mass is 10.1. The highest BCUT2D eigenvalue weighted by Gasteiger charge is 2.23. The molecule has 1 aromatic heterocycles. The Balaban J connectivity index is 1.81. The van der Waals surface area contributed by atoms with Crippen LogP contribution in [-0.4, -0.2) is 9.78 Å². The Kier molecular flexibility index (Phi) is 3.97. The number of nitrogens with one attached hydrogen (secondary N) is 1. The summed E-state index contributed by atoms with van der Waals surface area (Å²) in [4.78, 5) is 12.4. The van der Waals surface area contributed by atoms with Crippen LogP contribution < -0.4 is 10.9 Å². The second-order valence-corrected chi connectivity index (χ2v) is 5.99. The second-order valence-electron chi connectivity index (χ2n) is 5.58. The maximum atomic E-state index is 12.4. The normalized spacial score (nSPS) is 14.2. The largest absolute Gasteiger partial charge is 0.375 e. The minimum Gasteiger partial charge on any atom is -0.375 e. The molecule has 5 heteroatoms. The number of hydrogen-bond donors (Lipinski definition) is 1. The van der Waals surface area contributed by atoms with Gasteiger partial charge in [0, 0.05) is 13.1 Å². The molecule has 1 aromatic carbocycles. The van der Waals surface area contributed by atoms with Crippen LogP contribution in [0, 0.1) is 12.8 Å². The number of rotatable bonds is 5. The van der Waals surface area contributed by atoms with Crippen molar-refractivity contribution in [3.8, 4) is 0 Å². The summed E-state index contributed by atoms with van der Waals surface area (Å²) in [5.41, 5.74) is 2.64. The van der Waals surface area contributed by atoms with E-state index in [0.717, 1.165) is 5.56 Å². The molecule has 21 heavy (non-hydrogen) atoms. The third kappa shape index (κ3) is 3.27. The highest BCUT2D eigenvalue weighted by atomic mass is 35.5. The van der Waals surface area contributed by atoms with E-state index in [4.69, 9.17) is 11.6 Å². The lowest BCUT2D eigenvalue weighted by Gasteiger charge is -2.11. The van der Waals surface area contributed by atoms with E-state index in [-0.39, 0.29) is 5.56 Å². The van der Waals surface area contributed by atoms with Gasteiger partial charge in [0.05, 0.1) is 11.2 Å². The molecule has 0 aliphatic heterocycles. The van der Waals surface area contributed by atoms with Gasteiger partial charge in [0.25, 0.3) is 5.56 Å². The molecule has 1 aliphatic rings. The van der Waals surface area contributed by atoms with Crippen molar-refractivity contribution in [2.75, 3.05) is 5.32 Å². The van der Waals surface area contributed by atoms with Crippen molar-refractivity contribution in [2.45, 2.75) is 32.9 Å². The summed E-state index contributed by atoms with van der Waals surface area (Å²) in [5, 5.41) is 7.67. The fraction of sp³-hybridized carbons (Fsp3) is 0.375. The standard InChI is InChI=1S/C16H18ClN3O/c1-11-4-2-3-5-13(11)8-18-15-14(17)9-19-20(16(15)21)10-12-6-7-12/h2-5,9,12,18H,6-8,10H2,1H3. The lowest BCUT2D eigenvalue weighted by molar-refractivity contribution is 0.534. The van der Waals surface area contributed by atoms with E-state index in [9.17, 15) is 4.79 Å². The van der Waals surface area contributed by atoms with Crippen LogP contribution in [0.4, 0.5) is 5.69 Å². The number of benzene rings is 1. The Bertz CT molecular complexity index is 707. The molecular formula is C16H18ClN3O. The molecule has 0 amide bonds. The molecule has 2 aromatic rings. The van der Waals surface area contributed by atoms with E-state index < -0.39 is 0 Å². The third-order valence-corrected chi connectivity index (χ3v) is 4.13. The number of nitrogens with zero attached hydrogens (tertiary/aromatic N) is 2. The van der Waals surface area contributed by atoms with Gasteiger partial charge in [0.2, 0.25) is 0 Å². The zero-order chi connectivity index (χ0) is 14.8. The molecule has 0 bridgehead atoms. The molecule has 1 saturated carbocycles. The van der Waals surface area contributed by atoms with E-state index in [1.165, 1.54) is 23.1 Å². The second kappa shape index (κ2) is 5.90. The average molecular weight is 304 g/mol. The summed E-state index contributed by atoms with van der Waals surface area (Å²) in [6.07, 6.45) is 3.91. The Morgan fingerprint density at radius 3 is 2.86 bits per heavy atom. The molecule has 0 spiro atoms. The summed E-state index contributed by atoms with van der Waals surface area (Å²) in [6.45, 7) is 3.32. The van der Waals surface area contributed by atoms with Crippen LogP contribution in [0.3, 0.4) is 0 Å². The predicted octanol–water partition coefficient (Wildman–Crippen LogP) is 3.23. The maximum Gasteiger partial charge on any atom is 0.291 e. The molecule has 1 heterocycles. The topological polar surface area (TPSA) is 46.9 Å². The third-order valence-electron chi connectivity index (χ3n) is 3.84. The summed E-state index contributed by atoms with van der Waals surface area (Å²) in [6, 6.07) is 8.08. The van der Waals surface area contributed by atoms with Crippen molar-refractivity contribution in [3.05, 3.63) is 57.0 Å². The van der Waals surface area contributed by atoms with Crippen LogP contribution in [0.25, 0.3) is 0 Å². The molecule has 1 aliphatic carbocycles. The SMILES string of the molecule is Cc1ccccc1CNc1c(Cl)cnn(CC2CC2)c1=O. The van der Waals surface area contributed by atoms with Gasteiger partial charge in [-0.25, -0.2) is 4.68 Å². The van der Waals surface area contributed by atoms with Crippen molar-refractivity contribution in [2.24, 2.45) is 5.92 Å². The molecule has 0 radical (unpaired) electrons. The quantitative estimate of drug-likeness (QED) is 0.922. The summed E-state index contributed by atoms with van der Waals surface area (Å²) >= 11 is 6.12. The van der Waals surface area contributed by atoms with E-state index in [2.05, 4.69) is 23.4 Å². The maximum absolute atomic E-state index is 12.4. The van der Waals surface area contributed by atoms with E-state index in [1.807, 2.05) is 18.2 Å². The number of aryl methyl sites for hydroxylation is 1. The Morgan fingerprint density at radius 1 is 1.38 bits per heavy atom. The lowest BCUT2D eigenvalue weighted by Crippen LogP contribution is -2.26. The zero-order valence-corrected chi connectivity index (χ0v) is 12.7. The van der Waals surface area contributed by atoms with Crippen LogP contribution in [0.15, 0.2) is 35.3 Å². The molecule has 110 valence electrons. The summed E-state index contributed by atoms with van der Waals surface area (Å²) < 4.78 is 1.52. The van der Waals surface area contributed by atoms with Crippen LogP contribution in [0.2, 0.25) is 5.02 Å². The van der Waals surface area contributed by atoms with Crippen LogP contribution in [0.5, 0.6) is 0 Å². The Morgan fingerprint density at radius 2 is 2.14 bits per heavy atom. The number of anilines is 1. The summed E-state index contributed by atoms with van der Waals surface area (Å²) in [7, 11) is 0. The smallest absolute Gasteiger partial charge is 0.291 e. The van der Waals surface area contributed by atoms with Crippen molar-refractivity contribution in [1.82, 2.24) is 9.78 Å². The fourth-order valence-corrected chi connectivity index (χ4v) is 2.49. The first-order valence-electron chi connectivity index (χ1n) is 7.19. The minimum atomic E-state index is -0.136. The highest BCUT2D eigenvalue weighted by Crippen LogP contribution is 2.30. The fourth-order valence-electron chi connectivity index (χ4n) is 2.30. The highest BCUT2D eigenvalue weighted by molar-refractivity contribution is 6.32. The summed E-state index contributed by atoms with van der Waals surface area (Å²) in [5.74, 6) is 0.598. The molecule has 3 rings (SSSR count). The van der Waals surface area contributed by atoms with Gasteiger partial charge in [-0.3, -0.25) is 4.79 Å². The van der Waals surface area contributed by atoms with E-state index >= 15 is 0 Å². The number of hydrogen-bond acceptors (Lipinski definition) is 3. The molecular weight excluding hydrogens is 286 g/mol. The van der Waals surface area contributed by atoms with E-state index in [0.29, 0.717) is 29.7 Å². The Hall–Kier alpha value is -1.81. The van der Waals surface area contributed by atoms with Crippen molar-refractivity contribution in [3.63, 3.8) is 0 Å². The number of halogens is 1. The first-order chi connectivity index (χ1) is 10.1. The first-order valence-corrected chi connectivity index (χ1v) is 7.57. The molecule has 1 N–H and O–H groups in total. The van der Waals surface area contributed by atoms with Gasteiger partial charge in [-0.05, 0) is 36.8 Å².